The number of rotatable bonds is 5. The summed E-state index contributed by atoms with van der Waals surface area (Å²) in [5.41, 5.74) is 1.52. The van der Waals surface area contributed by atoms with Crippen molar-refractivity contribution >= 4 is 33.4 Å². The molecule has 0 heterocycles. The van der Waals surface area contributed by atoms with Crippen molar-refractivity contribution in [3.05, 3.63) is 69.2 Å². The minimum Gasteiger partial charge on any atom is -0.394 e. The van der Waals surface area contributed by atoms with E-state index in [0.29, 0.717) is 17.0 Å². The SMILES string of the molecule is O=C(N[C@H](CO)Cc1ccccc1)c1cc(Cl)cc(Br)c1. The lowest BCUT2D eigenvalue weighted by atomic mass is 10.1. The molecule has 0 aliphatic heterocycles. The second-order valence-electron chi connectivity index (χ2n) is 4.70. The molecule has 110 valence electrons. The second kappa shape index (κ2) is 7.59. The van der Waals surface area contributed by atoms with Crippen LogP contribution >= 0.6 is 27.5 Å². The Bertz CT molecular complexity index is 599. The van der Waals surface area contributed by atoms with Gasteiger partial charge in [-0.05, 0) is 30.2 Å². The highest BCUT2D eigenvalue weighted by molar-refractivity contribution is 9.10. The van der Waals surface area contributed by atoms with E-state index in [1.165, 1.54) is 0 Å². The van der Waals surface area contributed by atoms with Crippen LogP contribution in [0.15, 0.2) is 53.0 Å². The van der Waals surface area contributed by atoms with E-state index < -0.39 is 0 Å². The summed E-state index contributed by atoms with van der Waals surface area (Å²) >= 11 is 9.24. The van der Waals surface area contributed by atoms with E-state index in [0.717, 1.165) is 10.0 Å². The third kappa shape index (κ3) is 4.84. The van der Waals surface area contributed by atoms with Gasteiger partial charge in [0.25, 0.3) is 5.91 Å². The van der Waals surface area contributed by atoms with Crippen LogP contribution in [0.25, 0.3) is 0 Å². The van der Waals surface area contributed by atoms with Gasteiger partial charge < -0.3 is 10.4 Å². The van der Waals surface area contributed by atoms with Crippen molar-refractivity contribution in [3.8, 4) is 0 Å². The van der Waals surface area contributed by atoms with Crippen LogP contribution in [-0.4, -0.2) is 23.7 Å². The number of aliphatic hydroxyl groups excluding tert-OH is 1. The summed E-state index contributed by atoms with van der Waals surface area (Å²) in [7, 11) is 0. The fourth-order valence-electron chi connectivity index (χ4n) is 2.01. The average Bonchev–Trinajstić information content (AvgIpc) is 2.46. The molecule has 0 radical (unpaired) electrons. The predicted octanol–water partition coefficient (Wildman–Crippen LogP) is 3.44. The molecular formula is C16H15BrClNO2. The number of amides is 1. The molecule has 2 aromatic carbocycles. The number of benzene rings is 2. The average molecular weight is 369 g/mol. The molecule has 0 saturated carbocycles. The Morgan fingerprint density at radius 1 is 1.24 bits per heavy atom. The van der Waals surface area contributed by atoms with E-state index in [1.54, 1.807) is 18.2 Å². The Kier molecular flexibility index (Phi) is 5.79. The van der Waals surface area contributed by atoms with Gasteiger partial charge in [-0.2, -0.15) is 0 Å². The Hall–Kier alpha value is -1.36. The fraction of sp³-hybridized carbons (Fsp3) is 0.188. The van der Waals surface area contributed by atoms with Crippen LogP contribution in [0.3, 0.4) is 0 Å². The topological polar surface area (TPSA) is 49.3 Å². The van der Waals surface area contributed by atoms with Crippen molar-refractivity contribution in [2.45, 2.75) is 12.5 Å². The molecule has 5 heteroatoms. The van der Waals surface area contributed by atoms with Crippen LogP contribution in [0.5, 0.6) is 0 Å². The van der Waals surface area contributed by atoms with E-state index in [1.807, 2.05) is 30.3 Å². The van der Waals surface area contributed by atoms with Gasteiger partial charge in [-0.1, -0.05) is 57.9 Å². The molecule has 2 aromatic rings. The maximum atomic E-state index is 12.2. The monoisotopic (exact) mass is 367 g/mol. The minimum atomic E-state index is -0.336. The molecule has 0 aliphatic rings. The zero-order valence-electron chi connectivity index (χ0n) is 11.2. The van der Waals surface area contributed by atoms with Crippen molar-refractivity contribution in [2.75, 3.05) is 6.61 Å². The number of hydrogen-bond acceptors (Lipinski definition) is 2. The number of halogens is 2. The van der Waals surface area contributed by atoms with Crippen molar-refractivity contribution in [1.29, 1.82) is 0 Å². The molecule has 0 aromatic heterocycles. The molecule has 0 fully saturated rings. The minimum absolute atomic E-state index is 0.123. The molecule has 0 spiro atoms. The first-order chi connectivity index (χ1) is 10.1. The van der Waals surface area contributed by atoms with Crippen LogP contribution in [0, 0.1) is 0 Å². The van der Waals surface area contributed by atoms with E-state index in [-0.39, 0.29) is 18.6 Å². The van der Waals surface area contributed by atoms with Crippen LogP contribution < -0.4 is 5.32 Å². The number of aliphatic hydroxyl groups is 1. The predicted molar refractivity (Wildman–Crippen MR) is 87.6 cm³/mol. The zero-order valence-corrected chi connectivity index (χ0v) is 13.6. The molecule has 1 atom stereocenters. The first-order valence-corrected chi connectivity index (χ1v) is 7.67. The molecule has 21 heavy (non-hydrogen) atoms. The third-order valence-electron chi connectivity index (χ3n) is 3.01. The number of nitrogens with one attached hydrogen (secondary N) is 1. The Labute approximate surface area is 137 Å². The summed E-state index contributed by atoms with van der Waals surface area (Å²) in [4.78, 5) is 12.2. The normalized spacial score (nSPS) is 12.0. The van der Waals surface area contributed by atoms with Gasteiger partial charge in [0, 0.05) is 15.1 Å². The van der Waals surface area contributed by atoms with Gasteiger partial charge in [0.2, 0.25) is 0 Å². The molecule has 2 rings (SSSR count). The number of carbonyl (C=O) groups is 1. The van der Waals surface area contributed by atoms with Gasteiger partial charge in [0.15, 0.2) is 0 Å². The number of carbonyl (C=O) groups excluding carboxylic acids is 1. The summed E-state index contributed by atoms with van der Waals surface area (Å²) in [6.07, 6.45) is 0.574. The Morgan fingerprint density at radius 2 is 1.95 bits per heavy atom. The second-order valence-corrected chi connectivity index (χ2v) is 6.05. The molecule has 0 aliphatic carbocycles. The van der Waals surface area contributed by atoms with Crippen molar-refractivity contribution in [1.82, 2.24) is 5.32 Å². The summed E-state index contributed by atoms with van der Waals surface area (Å²) in [6, 6.07) is 14.4. The van der Waals surface area contributed by atoms with Gasteiger partial charge in [-0.3, -0.25) is 4.79 Å². The lowest BCUT2D eigenvalue weighted by Crippen LogP contribution is -2.39. The lowest BCUT2D eigenvalue weighted by Gasteiger charge is -2.16. The van der Waals surface area contributed by atoms with Crippen LogP contribution in [0.1, 0.15) is 15.9 Å². The molecule has 3 nitrogen and oxygen atoms in total. The van der Waals surface area contributed by atoms with Crippen molar-refractivity contribution in [2.24, 2.45) is 0 Å². The molecule has 0 unspecified atom stereocenters. The highest BCUT2D eigenvalue weighted by Gasteiger charge is 2.14. The van der Waals surface area contributed by atoms with E-state index in [2.05, 4.69) is 21.2 Å². The smallest absolute Gasteiger partial charge is 0.251 e. The van der Waals surface area contributed by atoms with Gasteiger partial charge in [-0.15, -0.1) is 0 Å². The van der Waals surface area contributed by atoms with Gasteiger partial charge in [0.05, 0.1) is 12.6 Å². The molecule has 2 N–H and O–H groups in total. The van der Waals surface area contributed by atoms with Crippen molar-refractivity contribution in [3.63, 3.8) is 0 Å². The molecule has 0 bridgehead atoms. The van der Waals surface area contributed by atoms with E-state index in [4.69, 9.17) is 11.6 Å². The number of hydrogen-bond donors (Lipinski definition) is 2. The van der Waals surface area contributed by atoms with E-state index in [9.17, 15) is 9.90 Å². The van der Waals surface area contributed by atoms with Gasteiger partial charge in [0.1, 0.15) is 0 Å². The van der Waals surface area contributed by atoms with Gasteiger partial charge in [-0.25, -0.2) is 0 Å². The first-order valence-electron chi connectivity index (χ1n) is 6.50. The molecular weight excluding hydrogens is 354 g/mol. The lowest BCUT2D eigenvalue weighted by molar-refractivity contribution is 0.0916. The highest BCUT2D eigenvalue weighted by Crippen LogP contribution is 2.19. The largest absolute Gasteiger partial charge is 0.394 e. The maximum absolute atomic E-state index is 12.2. The van der Waals surface area contributed by atoms with Crippen molar-refractivity contribution < 1.29 is 9.90 Å². The summed E-state index contributed by atoms with van der Waals surface area (Å²) < 4.78 is 0.740. The van der Waals surface area contributed by atoms with Gasteiger partial charge >= 0.3 is 0 Å². The quantitative estimate of drug-likeness (QED) is 0.849. The summed E-state index contributed by atoms with van der Waals surface area (Å²) in [5.74, 6) is -0.256. The highest BCUT2D eigenvalue weighted by atomic mass is 79.9. The van der Waals surface area contributed by atoms with Crippen LogP contribution in [0.2, 0.25) is 5.02 Å². The van der Waals surface area contributed by atoms with E-state index >= 15 is 0 Å². The maximum Gasteiger partial charge on any atom is 0.251 e. The Balaban J connectivity index is 2.05. The first kappa shape index (κ1) is 16.0. The molecule has 1 amide bonds. The molecule has 0 saturated heterocycles. The summed E-state index contributed by atoms with van der Waals surface area (Å²) in [5, 5.41) is 12.7. The van der Waals surface area contributed by atoms with Crippen LogP contribution in [-0.2, 0) is 6.42 Å². The fourth-order valence-corrected chi connectivity index (χ4v) is 2.87. The van der Waals surface area contributed by atoms with Crippen LogP contribution in [0.4, 0.5) is 0 Å². The third-order valence-corrected chi connectivity index (χ3v) is 3.68. The standard InChI is InChI=1S/C16H15BrClNO2/c17-13-7-12(8-14(18)9-13)16(21)19-15(10-20)6-11-4-2-1-3-5-11/h1-5,7-9,15,20H,6,10H2,(H,19,21)/t15-/m0/s1. The zero-order chi connectivity index (χ0) is 15.2. The Morgan fingerprint density at radius 3 is 2.57 bits per heavy atom. The summed E-state index contributed by atoms with van der Waals surface area (Å²) in [6.45, 7) is -0.123.